The predicted octanol–water partition coefficient (Wildman–Crippen LogP) is 2.71. The Kier molecular flexibility index (Phi) is 11.2. The number of methoxy groups -OCH3 is 2. The Morgan fingerprint density at radius 3 is 2.11 bits per heavy atom. The number of rotatable bonds is 17. The summed E-state index contributed by atoms with van der Waals surface area (Å²) < 4.78 is 27.9. The summed E-state index contributed by atoms with van der Waals surface area (Å²) in [4.78, 5) is 26.6. The molecular formula is C33H46N4O8. The van der Waals surface area contributed by atoms with Crippen molar-refractivity contribution in [2.24, 2.45) is 17.6 Å². The Morgan fingerprint density at radius 1 is 0.889 bits per heavy atom. The molecule has 12 heteroatoms. The number of carbonyl (C=O) groups excluding carboxylic acids is 2. The minimum Gasteiger partial charge on any atom is -0.502 e. The Bertz CT molecular complexity index is 1310. The second kappa shape index (κ2) is 15.5. The molecule has 2 heterocycles. The molecule has 2 aromatic rings. The standard InChI is InChI=1S/C33H46N4O8/c1-41-26-14-20(15-27(42-2)32(26)39)29-21-16-24-25(45-19-44-24)17-22(21)31(23-18-43-33(40)30(23)29)37-28(38)8-3-4-10-35-11-5-6-12-36-13-7-9-34/h14-17,23,29-31,35-36,39H,3-13,18-19,34H2,1-2H3,(H,37,38). The summed E-state index contributed by atoms with van der Waals surface area (Å²) >= 11 is 0. The van der Waals surface area contributed by atoms with Gasteiger partial charge in [-0.15, -0.1) is 0 Å². The van der Waals surface area contributed by atoms with E-state index in [9.17, 15) is 14.7 Å². The van der Waals surface area contributed by atoms with Gasteiger partial charge < -0.3 is 50.5 Å². The van der Waals surface area contributed by atoms with Gasteiger partial charge in [-0.25, -0.2) is 0 Å². The number of esters is 1. The number of nitrogens with one attached hydrogen (secondary N) is 3. The molecule has 1 fully saturated rings. The summed E-state index contributed by atoms with van der Waals surface area (Å²) in [6.45, 7) is 4.78. The molecular weight excluding hydrogens is 580 g/mol. The third-order valence-electron chi connectivity index (χ3n) is 8.89. The maximum absolute atomic E-state index is 13.3. The molecule has 1 aliphatic carbocycles. The van der Waals surface area contributed by atoms with Crippen LogP contribution in [-0.4, -0.2) is 77.3 Å². The van der Waals surface area contributed by atoms with Crippen molar-refractivity contribution >= 4 is 11.9 Å². The van der Waals surface area contributed by atoms with E-state index in [2.05, 4.69) is 16.0 Å². The van der Waals surface area contributed by atoms with E-state index in [4.69, 9.17) is 29.4 Å². The lowest BCUT2D eigenvalue weighted by Crippen LogP contribution is -2.42. The smallest absolute Gasteiger partial charge is 0.310 e. The first kappa shape index (κ1) is 32.6. The summed E-state index contributed by atoms with van der Waals surface area (Å²) in [6.07, 6.45) is 5.24. The van der Waals surface area contributed by atoms with E-state index in [-0.39, 0.29) is 48.4 Å². The molecule has 0 aromatic heterocycles. The third-order valence-corrected chi connectivity index (χ3v) is 8.89. The number of phenolic OH excluding ortho intramolecular Hbond substituents is 1. The van der Waals surface area contributed by atoms with Crippen LogP contribution in [0.1, 0.15) is 67.2 Å². The zero-order valence-corrected chi connectivity index (χ0v) is 26.2. The minimum absolute atomic E-state index is 0.0725. The molecule has 246 valence electrons. The Labute approximate surface area is 264 Å². The van der Waals surface area contributed by atoms with Crippen molar-refractivity contribution in [3.63, 3.8) is 0 Å². The van der Waals surface area contributed by atoms with Gasteiger partial charge in [0.2, 0.25) is 18.4 Å². The van der Waals surface area contributed by atoms with Crippen LogP contribution in [0, 0.1) is 11.8 Å². The van der Waals surface area contributed by atoms with Gasteiger partial charge in [0.25, 0.3) is 0 Å². The van der Waals surface area contributed by atoms with Gasteiger partial charge in [0.05, 0.1) is 32.8 Å². The normalized spacial score (nSPS) is 21.2. The lowest BCUT2D eigenvalue weighted by Gasteiger charge is -2.39. The molecule has 0 bridgehead atoms. The number of ether oxygens (including phenoxy) is 5. The number of phenols is 1. The van der Waals surface area contributed by atoms with E-state index in [1.807, 2.05) is 12.1 Å². The van der Waals surface area contributed by atoms with E-state index in [0.717, 1.165) is 81.5 Å². The van der Waals surface area contributed by atoms with Crippen molar-refractivity contribution in [3.05, 3.63) is 41.0 Å². The lowest BCUT2D eigenvalue weighted by atomic mass is 9.65. The van der Waals surface area contributed by atoms with E-state index in [1.165, 1.54) is 14.2 Å². The van der Waals surface area contributed by atoms with Gasteiger partial charge >= 0.3 is 5.97 Å². The van der Waals surface area contributed by atoms with Crippen molar-refractivity contribution in [2.45, 2.75) is 50.5 Å². The van der Waals surface area contributed by atoms with E-state index in [1.54, 1.807) is 12.1 Å². The average molecular weight is 627 g/mol. The topological polar surface area (TPSA) is 163 Å². The Hall–Kier alpha value is -3.74. The number of fused-ring (bicyclic) bond motifs is 3. The van der Waals surface area contributed by atoms with Crippen molar-refractivity contribution in [1.29, 1.82) is 0 Å². The molecule has 4 unspecified atom stereocenters. The van der Waals surface area contributed by atoms with Crippen molar-refractivity contribution in [3.8, 4) is 28.7 Å². The van der Waals surface area contributed by atoms with Gasteiger partial charge in [0, 0.05) is 18.3 Å². The summed E-state index contributed by atoms with van der Waals surface area (Å²) in [5.74, 6) is -0.256. The minimum atomic E-state index is -0.581. The molecule has 2 aromatic carbocycles. The number of hydrogen-bond donors (Lipinski definition) is 5. The van der Waals surface area contributed by atoms with Crippen LogP contribution in [0.2, 0.25) is 0 Å². The van der Waals surface area contributed by atoms with Crippen LogP contribution in [0.3, 0.4) is 0 Å². The highest BCUT2D eigenvalue weighted by atomic mass is 16.7. The maximum atomic E-state index is 13.3. The molecule has 6 N–H and O–H groups in total. The molecule has 1 saturated heterocycles. The van der Waals surface area contributed by atoms with Gasteiger partial charge in [-0.2, -0.15) is 0 Å². The number of cyclic esters (lactones) is 1. The third kappa shape index (κ3) is 7.40. The zero-order chi connectivity index (χ0) is 31.8. The Balaban J connectivity index is 1.27. The Morgan fingerprint density at radius 2 is 1.49 bits per heavy atom. The monoisotopic (exact) mass is 626 g/mol. The second-order valence-electron chi connectivity index (χ2n) is 11.8. The number of hydrogen-bond acceptors (Lipinski definition) is 11. The van der Waals surface area contributed by atoms with Crippen LogP contribution in [0.4, 0.5) is 0 Å². The summed E-state index contributed by atoms with van der Waals surface area (Å²) in [7, 11) is 2.93. The molecule has 0 saturated carbocycles. The highest BCUT2D eigenvalue weighted by molar-refractivity contribution is 5.81. The summed E-state index contributed by atoms with van der Waals surface area (Å²) in [5, 5.41) is 20.6. The van der Waals surface area contributed by atoms with Gasteiger partial charge in [-0.3, -0.25) is 9.59 Å². The van der Waals surface area contributed by atoms with Gasteiger partial charge in [-0.1, -0.05) is 0 Å². The molecule has 12 nitrogen and oxygen atoms in total. The number of unbranched alkanes of at least 4 members (excludes halogenated alkanes) is 2. The van der Waals surface area contributed by atoms with Crippen LogP contribution in [0.25, 0.3) is 0 Å². The highest BCUT2D eigenvalue weighted by Gasteiger charge is 2.53. The van der Waals surface area contributed by atoms with Crippen molar-refractivity contribution in [1.82, 2.24) is 16.0 Å². The van der Waals surface area contributed by atoms with Crippen molar-refractivity contribution < 1.29 is 38.4 Å². The van der Waals surface area contributed by atoms with Crippen LogP contribution < -0.4 is 40.6 Å². The molecule has 45 heavy (non-hydrogen) atoms. The SMILES string of the molecule is COc1cc(C2c3cc4c(cc3C(NC(=O)CCCCNCCCCNCCCN)C3COC(=O)C23)OCO4)cc(OC)c1O. The molecule has 0 spiro atoms. The average Bonchev–Trinajstić information content (AvgIpc) is 3.67. The number of carbonyl (C=O) groups is 2. The summed E-state index contributed by atoms with van der Waals surface area (Å²) in [5.41, 5.74) is 7.89. The molecule has 3 aliphatic rings. The van der Waals surface area contributed by atoms with Gasteiger partial charge in [0.1, 0.15) is 0 Å². The fourth-order valence-electron chi connectivity index (χ4n) is 6.60. The first-order valence-corrected chi connectivity index (χ1v) is 15.9. The molecule has 2 aliphatic heterocycles. The molecule has 1 amide bonds. The predicted molar refractivity (Wildman–Crippen MR) is 167 cm³/mol. The molecule has 4 atom stereocenters. The maximum Gasteiger partial charge on any atom is 0.310 e. The largest absolute Gasteiger partial charge is 0.502 e. The van der Waals surface area contributed by atoms with Gasteiger partial charge in [-0.05, 0) is 106 Å². The number of benzene rings is 2. The van der Waals surface area contributed by atoms with E-state index in [0.29, 0.717) is 17.9 Å². The van der Waals surface area contributed by atoms with E-state index < -0.39 is 17.9 Å². The fraction of sp³-hybridized carbons (Fsp3) is 0.576. The van der Waals surface area contributed by atoms with Crippen LogP contribution in [-0.2, 0) is 14.3 Å². The number of aromatic hydroxyl groups is 1. The number of amides is 1. The van der Waals surface area contributed by atoms with E-state index >= 15 is 0 Å². The molecule has 5 rings (SSSR count). The lowest BCUT2D eigenvalue weighted by molar-refractivity contribution is -0.141. The fourth-order valence-corrected chi connectivity index (χ4v) is 6.60. The van der Waals surface area contributed by atoms with Crippen LogP contribution >= 0.6 is 0 Å². The van der Waals surface area contributed by atoms with Crippen LogP contribution in [0.15, 0.2) is 24.3 Å². The molecule has 0 radical (unpaired) electrons. The first-order valence-electron chi connectivity index (χ1n) is 15.9. The zero-order valence-electron chi connectivity index (χ0n) is 26.2. The quantitative estimate of drug-likeness (QED) is 0.130. The summed E-state index contributed by atoms with van der Waals surface area (Å²) in [6, 6.07) is 6.77. The number of nitrogens with two attached hydrogens (primary N) is 1. The van der Waals surface area contributed by atoms with Crippen LogP contribution in [0.5, 0.6) is 28.7 Å². The van der Waals surface area contributed by atoms with Gasteiger partial charge in [0.15, 0.2) is 23.0 Å². The highest BCUT2D eigenvalue weighted by Crippen LogP contribution is 2.55. The first-order chi connectivity index (χ1) is 22.0. The van der Waals surface area contributed by atoms with Crippen molar-refractivity contribution in [2.75, 3.05) is 60.3 Å². The second-order valence-corrected chi connectivity index (χ2v) is 11.8.